The van der Waals surface area contributed by atoms with Crippen LogP contribution in [0.2, 0.25) is 4.34 Å². The molecular weight excluding hydrogens is 220 g/mol. The van der Waals surface area contributed by atoms with Crippen LogP contribution in [0, 0.1) is 0 Å². The second-order valence-corrected chi connectivity index (χ2v) is 4.39. The molecule has 2 rings (SSSR count). The highest BCUT2D eigenvalue weighted by Gasteiger charge is 2.07. The summed E-state index contributed by atoms with van der Waals surface area (Å²) in [5, 5.41) is 8.87. The Hall–Kier alpha value is -0.840. The highest BCUT2D eigenvalue weighted by Crippen LogP contribution is 2.28. The van der Waals surface area contributed by atoms with Gasteiger partial charge in [0, 0.05) is 23.6 Å². The lowest BCUT2D eigenvalue weighted by Crippen LogP contribution is -2.04. The predicted octanol–water partition coefficient (Wildman–Crippen LogP) is 2.78. The zero-order chi connectivity index (χ0) is 9.97. The average Bonchev–Trinajstić information content (AvgIpc) is 2.74. The minimum atomic E-state index is 0.710. The second kappa shape index (κ2) is 4.13. The number of hydrogen-bond donors (Lipinski definition) is 1. The summed E-state index contributed by atoms with van der Waals surface area (Å²) in [6.07, 6.45) is 0. The van der Waals surface area contributed by atoms with Gasteiger partial charge in [-0.1, -0.05) is 16.8 Å². The molecular formula is C9H9ClN2OS. The molecule has 0 aliphatic carbocycles. The van der Waals surface area contributed by atoms with Gasteiger partial charge in [0.15, 0.2) is 5.76 Å². The van der Waals surface area contributed by atoms with Gasteiger partial charge in [-0.2, -0.15) is 0 Å². The second-order valence-electron chi connectivity index (χ2n) is 2.85. The quantitative estimate of drug-likeness (QED) is 0.878. The van der Waals surface area contributed by atoms with Gasteiger partial charge in [-0.05, 0) is 13.1 Å². The normalized spacial score (nSPS) is 10.7. The molecule has 0 saturated heterocycles. The van der Waals surface area contributed by atoms with Gasteiger partial charge in [0.2, 0.25) is 0 Å². The Balaban J connectivity index is 2.24. The van der Waals surface area contributed by atoms with Crippen LogP contribution in [0.25, 0.3) is 11.3 Å². The third-order valence-electron chi connectivity index (χ3n) is 1.77. The van der Waals surface area contributed by atoms with E-state index in [1.54, 1.807) is 0 Å². The molecule has 74 valence electrons. The third kappa shape index (κ3) is 1.97. The van der Waals surface area contributed by atoms with Gasteiger partial charge >= 0.3 is 0 Å². The fourth-order valence-electron chi connectivity index (χ4n) is 1.15. The van der Waals surface area contributed by atoms with Gasteiger partial charge in [0.25, 0.3) is 0 Å². The molecule has 0 aliphatic heterocycles. The topological polar surface area (TPSA) is 38.1 Å². The Kier molecular flexibility index (Phi) is 2.86. The molecule has 0 bridgehead atoms. The molecule has 0 radical (unpaired) electrons. The van der Waals surface area contributed by atoms with E-state index in [4.69, 9.17) is 16.1 Å². The maximum atomic E-state index is 5.82. The van der Waals surface area contributed by atoms with Crippen molar-refractivity contribution in [2.45, 2.75) is 6.54 Å². The van der Waals surface area contributed by atoms with E-state index >= 15 is 0 Å². The van der Waals surface area contributed by atoms with Crippen LogP contribution in [-0.2, 0) is 6.54 Å². The molecule has 3 nitrogen and oxygen atoms in total. The molecule has 0 aliphatic rings. The molecule has 0 amide bonds. The first-order valence-electron chi connectivity index (χ1n) is 4.14. The van der Waals surface area contributed by atoms with Gasteiger partial charge in [-0.25, -0.2) is 0 Å². The lowest BCUT2D eigenvalue weighted by molar-refractivity contribution is 0.421. The minimum Gasteiger partial charge on any atom is -0.356 e. The fraction of sp³-hybridized carbons (Fsp3) is 0.222. The van der Waals surface area contributed by atoms with Crippen LogP contribution in [0.1, 0.15) is 5.69 Å². The molecule has 14 heavy (non-hydrogen) atoms. The van der Waals surface area contributed by atoms with Crippen molar-refractivity contribution in [3.05, 3.63) is 27.5 Å². The van der Waals surface area contributed by atoms with E-state index in [1.165, 1.54) is 11.3 Å². The fourth-order valence-corrected chi connectivity index (χ4v) is 2.02. The number of thiophene rings is 1. The Morgan fingerprint density at radius 2 is 2.43 bits per heavy atom. The van der Waals surface area contributed by atoms with E-state index in [1.807, 2.05) is 24.6 Å². The molecule has 0 fully saturated rings. The number of rotatable bonds is 3. The van der Waals surface area contributed by atoms with Crippen LogP contribution in [0.15, 0.2) is 22.0 Å². The van der Waals surface area contributed by atoms with Gasteiger partial charge in [-0.15, -0.1) is 11.3 Å². The van der Waals surface area contributed by atoms with E-state index in [-0.39, 0.29) is 0 Å². The molecule has 0 spiro atoms. The first-order chi connectivity index (χ1) is 6.79. The van der Waals surface area contributed by atoms with Crippen LogP contribution >= 0.6 is 22.9 Å². The summed E-state index contributed by atoms with van der Waals surface area (Å²) < 4.78 is 5.93. The van der Waals surface area contributed by atoms with Crippen molar-refractivity contribution in [2.75, 3.05) is 7.05 Å². The van der Waals surface area contributed by atoms with Crippen molar-refractivity contribution in [1.82, 2.24) is 10.5 Å². The molecule has 0 unspecified atom stereocenters. The molecule has 1 N–H and O–H groups in total. The van der Waals surface area contributed by atoms with E-state index < -0.39 is 0 Å². The van der Waals surface area contributed by atoms with Crippen molar-refractivity contribution in [3.63, 3.8) is 0 Å². The highest BCUT2D eigenvalue weighted by molar-refractivity contribution is 7.14. The Morgan fingerprint density at radius 3 is 3.07 bits per heavy atom. The van der Waals surface area contributed by atoms with Crippen molar-refractivity contribution >= 4 is 22.9 Å². The van der Waals surface area contributed by atoms with Crippen molar-refractivity contribution in [1.29, 1.82) is 0 Å². The number of nitrogens with one attached hydrogen (secondary N) is 1. The van der Waals surface area contributed by atoms with Crippen molar-refractivity contribution in [3.8, 4) is 11.3 Å². The smallest absolute Gasteiger partial charge is 0.168 e. The molecule has 5 heteroatoms. The lowest BCUT2D eigenvalue weighted by atomic mass is 10.2. The average molecular weight is 229 g/mol. The summed E-state index contributed by atoms with van der Waals surface area (Å²) >= 11 is 7.31. The molecule has 2 aromatic heterocycles. The third-order valence-corrected chi connectivity index (χ3v) is 2.86. The van der Waals surface area contributed by atoms with Gasteiger partial charge in [0.1, 0.15) is 0 Å². The molecule has 2 heterocycles. The molecule has 0 atom stereocenters. The summed E-state index contributed by atoms with van der Waals surface area (Å²) in [5.74, 6) is 0.762. The summed E-state index contributed by atoms with van der Waals surface area (Å²) in [6.45, 7) is 0.710. The van der Waals surface area contributed by atoms with Crippen LogP contribution in [0.5, 0.6) is 0 Å². The van der Waals surface area contributed by atoms with Crippen molar-refractivity contribution < 1.29 is 4.52 Å². The monoisotopic (exact) mass is 228 g/mol. The van der Waals surface area contributed by atoms with Crippen LogP contribution in [0.3, 0.4) is 0 Å². The summed E-state index contributed by atoms with van der Waals surface area (Å²) in [4.78, 5) is 0. The van der Waals surface area contributed by atoms with Crippen molar-refractivity contribution in [2.24, 2.45) is 0 Å². The zero-order valence-electron chi connectivity index (χ0n) is 7.58. The Bertz CT molecular complexity index is 424. The number of aromatic nitrogens is 1. The number of nitrogens with zero attached hydrogens (tertiary/aromatic N) is 1. The van der Waals surface area contributed by atoms with E-state index in [0.29, 0.717) is 6.54 Å². The summed E-state index contributed by atoms with van der Waals surface area (Å²) in [6, 6.07) is 3.78. The standard InChI is InChI=1S/C9H9ClN2OS/c1-11-4-7-3-8(13-12-7)6-2-9(10)14-5-6/h2-3,5,11H,4H2,1H3. The van der Waals surface area contributed by atoms with Gasteiger partial charge in [-0.3, -0.25) is 0 Å². The maximum Gasteiger partial charge on any atom is 0.168 e. The molecule has 2 aromatic rings. The first-order valence-corrected chi connectivity index (χ1v) is 5.40. The number of halogens is 1. The number of hydrogen-bond acceptors (Lipinski definition) is 4. The van der Waals surface area contributed by atoms with Crippen LogP contribution in [-0.4, -0.2) is 12.2 Å². The Labute approximate surface area is 90.7 Å². The van der Waals surface area contributed by atoms with Gasteiger partial charge < -0.3 is 9.84 Å². The van der Waals surface area contributed by atoms with E-state index in [9.17, 15) is 0 Å². The zero-order valence-corrected chi connectivity index (χ0v) is 9.15. The SMILES string of the molecule is CNCc1cc(-c2csc(Cl)c2)on1. The van der Waals surface area contributed by atoms with Crippen LogP contribution in [0.4, 0.5) is 0 Å². The summed E-state index contributed by atoms with van der Waals surface area (Å²) in [7, 11) is 1.87. The van der Waals surface area contributed by atoms with Crippen LogP contribution < -0.4 is 5.32 Å². The lowest BCUT2D eigenvalue weighted by Gasteiger charge is -1.87. The van der Waals surface area contributed by atoms with Gasteiger partial charge in [0.05, 0.1) is 10.0 Å². The highest BCUT2D eigenvalue weighted by atomic mass is 35.5. The molecule has 0 saturated carbocycles. The first kappa shape index (κ1) is 9.71. The largest absolute Gasteiger partial charge is 0.356 e. The maximum absolute atomic E-state index is 5.82. The minimum absolute atomic E-state index is 0.710. The predicted molar refractivity (Wildman–Crippen MR) is 57.6 cm³/mol. The Morgan fingerprint density at radius 1 is 1.57 bits per heavy atom. The molecule has 0 aromatic carbocycles. The van der Waals surface area contributed by atoms with E-state index in [2.05, 4.69) is 10.5 Å². The van der Waals surface area contributed by atoms with E-state index in [0.717, 1.165) is 21.4 Å². The summed E-state index contributed by atoms with van der Waals surface area (Å²) in [5.41, 5.74) is 1.87.